The molecule has 1 fully saturated rings. The lowest BCUT2D eigenvalue weighted by molar-refractivity contribution is -0.140. The van der Waals surface area contributed by atoms with Crippen LogP contribution in [0.1, 0.15) is 71.2 Å². The van der Waals surface area contributed by atoms with Crippen LogP contribution in [0, 0.1) is 0 Å². The topological polar surface area (TPSA) is 78.3 Å². The summed E-state index contributed by atoms with van der Waals surface area (Å²) < 4.78 is 0. The molecular weight excluding hydrogens is 587 g/mol. The molecule has 0 amide bonds. The highest BCUT2D eigenvalue weighted by atomic mass is 32.1. The molecule has 0 radical (unpaired) electrons. The van der Waals surface area contributed by atoms with Crippen molar-refractivity contribution >= 4 is 23.5 Å². The van der Waals surface area contributed by atoms with E-state index in [9.17, 15) is 9.90 Å². The van der Waals surface area contributed by atoms with Crippen molar-refractivity contribution in [3.8, 4) is 22.5 Å². The number of carboxylic acids is 1. The molecule has 1 aliphatic carbocycles. The van der Waals surface area contributed by atoms with E-state index in [1.807, 2.05) is 47.9 Å². The molecule has 1 saturated carbocycles. The lowest BCUT2D eigenvalue weighted by Crippen LogP contribution is -2.38. The van der Waals surface area contributed by atoms with Crippen molar-refractivity contribution in [1.29, 1.82) is 0 Å². The van der Waals surface area contributed by atoms with Crippen molar-refractivity contribution in [3.05, 3.63) is 136 Å². The molecule has 5 nitrogen and oxygen atoms in total. The fourth-order valence-electron chi connectivity index (χ4n) is 7.12. The van der Waals surface area contributed by atoms with Gasteiger partial charge in [-0.2, -0.15) is 0 Å². The number of thiazole rings is 1. The predicted octanol–water partition coefficient (Wildman–Crippen LogP) is 9.43. The van der Waals surface area contributed by atoms with Crippen molar-refractivity contribution < 1.29 is 9.90 Å². The number of H-pyrrole nitrogens is 1. The van der Waals surface area contributed by atoms with Crippen molar-refractivity contribution in [1.82, 2.24) is 9.97 Å². The van der Waals surface area contributed by atoms with Gasteiger partial charge in [0.15, 0.2) is 0 Å². The Morgan fingerprint density at radius 1 is 0.913 bits per heavy atom. The first-order valence-corrected chi connectivity index (χ1v) is 17.3. The van der Waals surface area contributed by atoms with Gasteiger partial charge in [0.05, 0.1) is 10.7 Å². The van der Waals surface area contributed by atoms with Crippen LogP contribution >= 0.6 is 11.3 Å². The minimum Gasteiger partial charge on any atom is -0.481 e. The fraction of sp³-hybridized carbons (Fsp3) is 0.275. The molecule has 46 heavy (non-hydrogen) atoms. The molecular formula is C40H39N3O2S. The average Bonchev–Trinajstić information content (AvgIpc) is 3.88. The average molecular weight is 626 g/mol. The Labute approximate surface area is 274 Å². The summed E-state index contributed by atoms with van der Waals surface area (Å²) in [6.45, 7) is 0. The summed E-state index contributed by atoms with van der Waals surface area (Å²) in [6.07, 6.45) is 16.9. The van der Waals surface area contributed by atoms with Crippen LogP contribution in [0.15, 0.2) is 114 Å². The predicted molar refractivity (Wildman–Crippen MR) is 188 cm³/mol. The first kappa shape index (κ1) is 30.1. The molecule has 2 aliphatic rings. The molecule has 0 saturated heterocycles. The summed E-state index contributed by atoms with van der Waals surface area (Å²) in [5.74, 6) is -0.933. The molecule has 2 aromatic heterocycles. The molecule has 6 heteroatoms. The lowest BCUT2D eigenvalue weighted by atomic mass is 9.78. The standard InChI is InChI=1S/C40H39N3O2S/c44-39(45)38(34-10-5-2-6-11-34)40(22-7-23-42-40)25-37-43-36(27-46-37)33-20-18-32(19-21-33)35-24-29(26-41-35)13-12-28-14-16-31(17-15-28)30-8-3-1-4-9-30/h2,5-7,10-11,14-24,26-27,30,38,41H,1,3-4,8-9,12-13,25H2,(H,44,45). The summed E-state index contributed by atoms with van der Waals surface area (Å²) in [4.78, 5) is 25.6. The van der Waals surface area contributed by atoms with Gasteiger partial charge in [0.1, 0.15) is 11.5 Å². The number of aliphatic carboxylic acids is 1. The van der Waals surface area contributed by atoms with Gasteiger partial charge < -0.3 is 10.1 Å². The molecule has 0 spiro atoms. The quantitative estimate of drug-likeness (QED) is 0.153. The molecule has 2 unspecified atom stereocenters. The van der Waals surface area contributed by atoms with Crippen LogP contribution in [0.3, 0.4) is 0 Å². The van der Waals surface area contributed by atoms with Crippen LogP contribution in [-0.4, -0.2) is 32.8 Å². The van der Waals surface area contributed by atoms with Gasteiger partial charge in [-0.15, -0.1) is 11.3 Å². The molecule has 1 aliphatic heterocycles. The zero-order valence-electron chi connectivity index (χ0n) is 25.9. The number of rotatable bonds is 11. The van der Waals surface area contributed by atoms with Crippen LogP contribution in [-0.2, 0) is 24.1 Å². The van der Waals surface area contributed by atoms with Crippen LogP contribution in [0.4, 0.5) is 0 Å². The summed E-state index contributed by atoms with van der Waals surface area (Å²) in [7, 11) is 0. The van der Waals surface area contributed by atoms with E-state index in [1.165, 1.54) is 48.8 Å². The SMILES string of the molecule is O=C(O)C(c1ccccc1)C1(Cc2nc(-c3ccc(-c4cc(CCc5ccc(C6CCCCC6)cc5)c[nH]4)cc3)cs2)C=CC=N1. The highest BCUT2D eigenvalue weighted by Crippen LogP contribution is 2.39. The van der Waals surface area contributed by atoms with Gasteiger partial charge in [0.2, 0.25) is 0 Å². The molecule has 3 aromatic carbocycles. The summed E-state index contributed by atoms with van der Waals surface area (Å²) in [5, 5.41) is 13.2. The highest BCUT2D eigenvalue weighted by Gasteiger charge is 2.44. The highest BCUT2D eigenvalue weighted by molar-refractivity contribution is 7.10. The molecule has 232 valence electrons. The normalized spacial score (nSPS) is 18.6. The summed E-state index contributed by atoms with van der Waals surface area (Å²) >= 11 is 1.55. The number of nitrogens with zero attached hydrogens (tertiary/aromatic N) is 2. The molecule has 5 aromatic rings. The van der Waals surface area contributed by atoms with Crippen molar-refractivity contribution in [2.45, 2.75) is 68.7 Å². The third-order valence-electron chi connectivity index (χ3n) is 9.64. The Hall–Kier alpha value is -4.55. The zero-order chi connectivity index (χ0) is 31.3. The van der Waals surface area contributed by atoms with E-state index in [4.69, 9.17) is 4.98 Å². The van der Waals surface area contributed by atoms with Crippen LogP contribution in [0.25, 0.3) is 22.5 Å². The maximum Gasteiger partial charge on any atom is 0.313 e. The molecule has 3 heterocycles. The minimum atomic E-state index is -0.907. The van der Waals surface area contributed by atoms with E-state index in [0.717, 1.165) is 51.8 Å². The largest absolute Gasteiger partial charge is 0.481 e. The molecule has 7 rings (SSSR count). The number of aromatic amines is 1. The van der Waals surface area contributed by atoms with E-state index in [0.29, 0.717) is 6.42 Å². The number of nitrogens with one attached hydrogen (secondary N) is 1. The summed E-state index contributed by atoms with van der Waals surface area (Å²) in [5.41, 5.74) is 8.23. The number of hydrogen-bond donors (Lipinski definition) is 2. The Kier molecular flexibility index (Phi) is 8.80. The number of aliphatic imine (C=N–C) groups is 1. The van der Waals surface area contributed by atoms with Crippen LogP contribution in [0.2, 0.25) is 0 Å². The smallest absolute Gasteiger partial charge is 0.313 e. The molecule has 2 N–H and O–H groups in total. The third kappa shape index (κ3) is 6.54. The van der Waals surface area contributed by atoms with E-state index < -0.39 is 17.4 Å². The van der Waals surface area contributed by atoms with Crippen LogP contribution in [0.5, 0.6) is 0 Å². The Morgan fingerprint density at radius 2 is 1.65 bits per heavy atom. The number of benzene rings is 3. The van der Waals surface area contributed by atoms with Gasteiger partial charge in [-0.05, 0) is 71.6 Å². The van der Waals surface area contributed by atoms with Crippen molar-refractivity contribution in [3.63, 3.8) is 0 Å². The van der Waals surface area contributed by atoms with Crippen molar-refractivity contribution in [2.24, 2.45) is 4.99 Å². The third-order valence-corrected chi connectivity index (χ3v) is 10.5. The van der Waals surface area contributed by atoms with Gasteiger partial charge in [0, 0.05) is 35.5 Å². The second-order valence-electron chi connectivity index (χ2n) is 12.7. The first-order chi connectivity index (χ1) is 22.6. The van der Waals surface area contributed by atoms with Gasteiger partial charge in [0.25, 0.3) is 0 Å². The van der Waals surface area contributed by atoms with Gasteiger partial charge in [-0.3, -0.25) is 9.79 Å². The maximum absolute atomic E-state index is 12.5. The number of allylic oxidation sites excluding steroid dienone is 1. The monoisotopic (exact) mass is 625 g/mol. The van der Waals surface area contributed by atoms with E-state index in [2.05, 4.69) is 70.8 Å². The number of aryl methyl sites for hydroxylation is 2. The molecule has 0 bridgehead atoms. The fourth-order valence-corrected chi connectivity index (χ4v) is 8.02. The molecule has 2 atom stereocenters. The van der Waals surface area contributed by atoms with Gasteiger partial charge in [-0.25, -0.2) is 4.98 Å². The second kappa shape index (κ2) is 13.4. The Bertz CT molecular complexity index is 1820. The minimum absolute atomic E-state index is 0.421. The number of carbonyl (C=O) groups is 1. The maximum atomic E-state index is 12.5. The van der Waals surface area contributed by atoms with Crippen LogP contribution < -0.4 is 0 Å². The van der Waals surface area contributed by atoms with Gasteiger partial charge >= 0.3 is 5.97 Å². The Balaban J connectivity index is 0.995. The zero-order valence-corrected chi connectivity index (χ0v) is 26.8. The van der Waals surface area contributed by atoms with Gasteiger partial charge in [-0.1, -0.05) is 104 Å². The Morgan fingerprint density at radius 3 is 2.37 bits per heavy atom. The second-order valence-corrected chi connectivity index (χ2v) is 13.6. The number of aromatic nitrogens is 2. The van der Waals surface area contributed by atoms with E-state index in [-0.39, 0.29) is 0 Å². The van der Waals surface area contributed by atoms with Crippen molar-refractivity contribution in [2.75, 3.05) is 0 Å². The van der Waals surface area contributed by atoms with E-state index >= 15 is 0 Å². The summed E-state index contributed by atoms with van der Waals surface area (Å²) in [6, 6.07) is 29.5. The lowest BCUT2D eigenvalue weighted by Gasteiger charge is -2.30. The number of carboxylic acid groups (broad SMARTS) is 1. The first-order valence-electron chi connectivity index (χ1n) is 16.4. The van der Waals surface area contributed by atoms with E-state index in [1.54, 1.807) is 17.6 Å². The number of hydrogen-bond acceptors (Lipinski definition) is 4.